The number of hydrogen-bond acceptors (Lipinski definition) is 3. The minimum Gasteiger partial charge on any atom is -0.385 e. The van der Waals surface area contributed by atoms with Crippen molar-refractivity contribution in [3.63, 3.8) is 0 Å². The highest BCUT2D eigenvalue weighted by Gasteiger charge is 2.16. The molecule has 0 bridgehead atoms. The summed E-state index contributed by atoms with van der Waals surface area (Å²) >= 11 is 0. The molecule has 1 heterocycles. The quantitative estimate of drug-likeness (QED) is 0.650. The van der Waals surface area contributed by atoms with Crippen LogP contribution in [0.2, 0.25) is 0 Å². The fourth-order valence-corrected chi connectivity index (χ4v) is 1.98. The van der Waals surface area contributed by atoms with Gasteiger partial charge in [-0.25, -0.2) is 0 Å². The van der Waals surface area contributed by atoms with Gasteiger partial charge in [-0.3, -0.25) is 0 Å². The smallest absolute Gasteiger partial charge is 0.0474 e. The van der Waals surface area contributed by atoms with E-state index in [1.807, 2.05) is 0 Å². The van der Waals surface area contributed by atoms with E-state index in [2.05, 4.69) is 17.1 Å². The second-order valence-electron chi connectivity index (χ2n) is 4.01. The van der Waals surface area contributed by atoms with Gasteiger partial charge in [0.1, 0.15) is 0 Å². The molecule has 0 unspecified atom stereocenters. The Morgan fingerprint density at radius 2 is 2.07 bits per heavy atom. The van der Waals surface area contributed by atoms with Crippen LogP contribution >= 0.6 is 0 Å². The molecule has 1 aliphatic rings. The second kappa shape index (κ2) is 7.21. The molecular weight excluding hydrogens is 176 g/mol. The summed E-state index contributed by atoms with van der Waals surface area (Å²) in [6, 6.07) is 0.745. The van der Waals surface area contributed by atoms with Gasteiger partial charge in [0.2, 0.25) is 0 Å². The van der Waals surface area contributed by atoms with E-state index in [9.17, 15) is 0 Å². The van der Waals surface area contributed by atoms with Crippen molar-refractivity contribution >= 4 is 0 Å². The molecule has 84 valence electrons. The van der Waals surface area contributed by atoms with Crippen LogP contribution in [0.4, 0.5) is 0 Å². The van der Waals surface area contributed by atoms with E-state index in [1.54, 1.807) is 7.11 Å². The lowest BCUT2D eigenvalue weighted by molar-refractivity contribution is 0.183. The number of hydrogen-bond donors (Lipinski definition) is 1. The van der Waals surface area contributed by atoms with E-state index in [1.165, 1.54) is 32.5 Å². The van der Waals surface area contributed by atoms with Crippen LogP contribution in [0.15, 0.2) is 0 Å². The van der Waals surface area contributed by atoms with Gasteiger partial charge in [0.25, 0.3) is 0 Å². The first-order chi connectivity index (χ1) is 6.86. The predicted octanol–water partition coefficient (Wildman–Crippen LogP) is 1.10. The zero-order valence-corrected chi connectivity index (χ0v) is 9.59. The molecule has 1 aliphatic heterocycles. The molecule has 0 aromatic carbocycles. The molecule has 1 N–H and O–H groups in total. The third-order valence-corrected chi connectivity index (χ3v) is 2.99. The number of rotatable bonds is 6. The average molecular weight is 200 g/mol. The zero-order chi connectivity index (χ0) is 10.2. The molecule has 0 saturated carbocycles. The normalized spacial score (nSPS) is 20.1. The lowest BCUT2D eigenvalue weighted by Crippen LogP contribution is -2.42. The van der Waals surface area contributed by atoms with Gasteiger partial charge in [-0.15, -0.1) is 0 Å². The van der Waals surface area contributed by atoms with Crippen LogP contribution < -0.4 is 5.32 Å². The lowest BCUT2D eigenvalue weighted by Gasteiger charge is -2.31. The number of piperidine rings is 1. The molecule has 1 rings (SSSR count). The van der Waals surface area contributed by atoms with Crippen molar-refractivity contribution in [2.75, 3.05) is 39.9 Å². The maximum absolute atomic E-state index is 5.02. The fourth-order valence-electron chi connectivity index (χ4n) is 1.98. The summed E-state index contributed by atoms with van der Waals surface area (Å²) in [5, 5.41) is 3.59. The number of methoxy groups -OCH3 is 1. The molecule has 0 aromatic heterocycles. The molecule has 1 fully saturated rings. The minimum atomic E-state index is 0.745. The predicted molar refractivity (Wildman–Crippen MR) is 59.6 cm³/mol. The highest BCUT2D eigenvalue weighted by atomic mass is 16.5. The van der Waals surface area contributed by atoms with Crippen molar-refractivity contribution in [3.8, 4) is 0 Å². The second-order valence-corrected chi connectivity index (χ2v) is 4.01. The molecule has 14 heavy (non-hydrogen) atoms. The average Bonchev–Trinajstić information content (AvgIpc) is 2.25. The Morgan fingerprint density at radius 1 is 1.36 bits per heavy atom. The SMILES string of the molecule is CCN1CCC(NCCCOC)CC1. The number of likely N-dealkylation sites (tertiary alicyclic amines) is 1. The van der Waals surface area contributed by atoms with Gasteiger partial charge in [-0.05, 0) is 45.4 Å². The Balaban J connectivity index is 1.98. The third kappa shape index (κ3) is 4.40. The van der Waals surface area contributed by atoms with Crippen molar-refractivity contribution in [1.29, 1.82) is 0 Å². The van der Waals surface area contributed by atoms with E-state index in [0.29, 0.717) is 0 Å². The summed E-state index contributed by atoms with van der Waals surface area (Å²) in [6.45, 7) is 7.95. The topological polar surface area (TPSA) is 24.5 Å². The summed E-state index contributed by atoms with van der Waals surface area (Å²) in [4.78, 5) is 2.52. The summed E-state index contributed by atoms with van der Waals surface area (Å²) in [7, 11) is 1.76. The number of nitrogens with one attached hydrogen (secondary N) is 1. The van der Waals surface area contributed by atoms with Crippen LogP contribution in [0.25, 0.3) is 0 Å². The van der Waals surface area contributed by atoms with Crippen LogP contribution in [0, 0.1) is 0 Å². The molecule has 0 aliphatic carbocycles. The standard InChI is InChI=1S/C11H24N2O/c1-3-13-8-5-11(6-9-13)12-7-4-10-14-2/h11-12H,3-10H2,1-2H3. The summed E-state index contributed by atoms with van der Waals surface area (Å²) in [5.74, 6) is 0. The van der Waals surface area contributed by atoms with Crippen molar-refractivity contribution < 1.29 is 4.74 Å². The first-order valence-corrected chi connectivity index (χ1v) is 5.81. The fraction of sp³-hybridized carbons (Fsp3) is 1.00. The molecule has 0 radical (unpaired) electrons. The number of ether oxygens (including phenoxy) is 1. The van der Waals surface area contributed by atoms with Crippen molar-refractivity contribution in [3.05, 3.63) is 0 Å². The maximum Gasteiger partial charge on any atom is 0.0474 e. The van der Waals surface area contributed by atoms with Gasteiger partial charge < -0.3 is 15.0 Å². The van der Waals surface area contributed by atoms with Crippen LogP contribution in [-0.4, -0.2) is 50.8 Å². The van der Waals surface area contributed by atoms with Crippen molar-refractivity contribution in [2.45, 2.75) is 32.2 Å². The van der Waals surface area contributed by atoms with E-state index in [-0.39, 0.29) is 0 Å². The van der Waals surface area contributed by atoms with Crippen LogP contribution in [0.3, 0.4) is 0 Å². The molecule has 0 atom stereocenters. The highest BCUT2D eigenvalue weighted by molar-refractivity contribution is 4.76. The Hall–Kier alpha value is -0.120. The van der Waals surface area contributed by atoms with E-state index in [0.717, 1.165) is 25.6 Å². The van der Waals surface area contributed by atoms with Gasteiger partial charge in [-0.2, -0.15) is 0 Å². The van der Waals surface area contributed by atoms with E-state index >= 15 is 0 Å². The Morgan fingerprint density at radius 3 is 2.64 bits per heavy atom. The molecular formula is C11H24N2O. The third-order valence-electron chi connectivity index (χ3n) is 2.99. The molecule has 0 amide bonds. The molecule has 3 heteroatoms. The first kappa shape index (κ1) is 12.0. The first-order valence-electron chi connectivity index (χ1n) is 5.81. The largest absolute Gasteiger partial charge is 0.385 e. The van der Waals surface area contributed by atoms with Gasteiger partial charge in [0, 0.05) is 19.8 Å². The maximum atomic E-state index is 5.02. The molecule has 3 nitrogen and oxygen atoms in total. The van der Waals surface area contributed by atoms with E-state index in [4.69, 9.17) is 4.74 Å². The highest BCUT2D eigenvalue weighted by Crippen LogP contribution is 2.09. The van der Waals surface area contributed by atoms with Crippen LogP contribution in [-0.2, 0) is 4.74 Å². The Kier molecular flexibility index (Phi) is 6.15. The Bertz CT molecular complexity index is 133. The van der Waals surface area contributed by atoms with Crippen LogP contribution in [0.1, 0.15) is 26.2 Å². The van der Waals surface area contributed by atoms with E-state index < -0.39 is 0 Å². The summed E-state index contributed by atoms with van der Waals surface area (Å²) < 4.78 is 5.02. The van der Waals surface area contributed by atoms with Crippen LogP contribution in [0.5, 0.6) is 0 Å². The monoisotopic (exact) mass is 200 g/mol. The molecule has 0 aromatic rings. The van der Waals surface area contributed by atoms with Gasteiger partial charge >= 0.3 is 0 Å². The number of nitrogens with zero attached hydrogens (tertiary/aromatic N) is 1. The van der Waals surface area contributed by atoms with Gasteiger partial charge in [-0.1, -0.05) is 6.92 Å². The Labute approximate surface area is 87.8 Å². The van der Waals surface area contributed by atoms with Gasteiger partial charge in [0.05, 0.1) is 0 Å². The van der Waals surface area contributed by atoms with Crippen molar-refractivity contribution in [1.82, 2.24) is 10.2 Å². The lowest BCUT2D eigenvalue weighted by atomic mass is 10.1. The zero-order valence-electron chi connectivity index (χ0n) is 9.59. The summed E-state index contributed by atoms with van der Waals surface area (Å²) in [5.41, 5.74) is 0. The van der Waals surface area contributed by atoms with Gasteiger partial charge in [0.15, 0.2) is 0 Å². The summed E-state index contributed by atoms with van der Waals surface area (Å²) in [6.07, 6.45) is 3.74. The molecule has 1 saturated heterocycles. The van der Waals surface area contributed by atoms with Crippen molar-refractivity contribution in [2.24, 2.45) is 0 Å². The minimum absolute atomic E-state index is 0.745. The molecule has 0 spiro atoms.